The minimum atomic E-state index is -0.706. The molecular weight excluding hydrogens is 328 g/mol. The van der Waals surface area contributed by atoms with Gasteiger partial charge in [0.15, 0.2) is 5.78 Å². The van der Waals surface area contributed by atoms with Gasteiger partial charge < -0.3 is 9.47 Å². The number of cyclic esters (lactones) is 1. The second-order valence-electron chi connectivity index (χ2n) is 7.10. The quantitative estimate of drug-likeness (QED) is 0.445. The Morgan fingerprint density at radius 1 is 1.12 bits per heavy atom. The largest absolute Gasteiger partial charge is 0.497 e. The Balaban J connectivity index is 1.91. The summed E-state index contributed by atoms with van der Waals surface area (Å²) in [5, 5.41) is 0. The summed E-state index contributed by atoms with van der Waals surface area (Å²) in [5.74, 6) is 0.499. The second kappa shape index (κ2) is 9.02. The molecule has 0 saturated heterocycles. The molecule has 2 rings (SSSR count). The van der Waals surface area contributed by atoms with Crippen LogP contribution in [0.2, 0.25) is 0 Å². The van der Waals surface area contributed by atoms with Crippen molar-refractivity contribution in [2.75, 3.05) is 7.11 Å². The molecular formula is C22H30O4. The lowest BCUT2D eigenvalue weighted by molar-refractivity contribution is -0.148. The van der Waals surface area contributed by atoms with Crippen LogP contribution in [-0.2, 0) is 20.7 Å². The van der Waals surface area contributed by atoms with E-state index < -0.39 is 5.60 Å². The summed E-state index contributed by atoms with van der Waals surface area (Å²) in [6.07, 6.45) is 6.38. The number of hydrogen-bond acceptors (Lipinski definition) is 4. The average molecular weight is 358 g/mol. The fourth-order valence-electron chi connectivity index (χ4n) is 3.92. The van der Waals surface area contributed by atoms with Crippen LogP contribution >= 0.6 is 0 Å². The second-order valence-corrected chi connectivity index (χ2v) is 7.10. The van der Waals surface area contributed by atoms with E-state index in [-0.39, 0.29) is 11.8 Å². The molecule has 1 heterocycles. The maximum absolute atomic E-state index is 12.1. The van der Waals surface area contributed by atoms with Gasteiger partial charge in [0.1, 0.15) is 11.4 Å². The van der Waals surface area contributed by atoms with Gasteiger partial charge in [-0.05, 0) is 63.6 Å². The number of benzene rings is 1. The SMILES string of the molecule is CCCC1(CCCCCc2ccc(OC)cc2)OC(=O)C(C)=C1C(C)=O. The fraction of sp³-hybridized carbons (Fsp3) is 0.545. The van der Waals surface area contributed by atoms with E-state index in [2.05, 4.69) is 19.1 Å². The maximum atomic E-state index is 12.1. The molecule has 0 fully saturated rings. The molecule has 1 unspecified atom stereocenters. The van der Waals surface area contributed by atoms with Gasteiger partial charge >= 0.3 is 5.97 Å². The smallest absolute Gasteiger partial charge is 0.335 e. The van der Waals surface area contributed by atoms with E-state index in [0.717, 1.165) is 44.3 Å². The highest BCUT2D eigenvalue weighted by molar-refractivity contribution is 6.07. The van der Waals surface area contributed by atoms with Gasteiger partial charge in [-0.1, -0.05) is 31.9 Å². The summed E-state index contributed by atoms with van der Waals surface area (Å²) in [6, 6.07) is 8.15. The van der Waals surface area contributed by atoms with Gasteiger partial charge in [-0.2, -0.15) is 0 Å². The van der Waals surface area contributed by atoms with E-state index in [0.29, 0.717) is 17.6 Å². The van der Waals surface area contributed by atoms with E-state index in [4.69, 9.17) is 9.47 Å². The van der Waals surface area contributed by atoms with Crippen molar-refractivity contribution in [1.82, 2.24) is 0 Å². The number of aryl methyl sites for hydroxylation is 1. The summed E-state index contributed by atoms with van der Waals surface area (Å²) in [4.78, 5) is 24.2. The first-order valence-electron chi connectivity index (χ1n) is 9.52. The zero-order chi connectivity index (χ0) is 19.2. The Bertz CT molecular complexity index is 672. The van der Waals surface area contributed by atoms with Gasteiger partial charge in [-0.25, -0.2) is 4.79 Å². The van der Waals surface area contributed by atoms with E-state index in [1.54, 1.807) is 14.0 Å². The summed E-state index contributed by atoms with van der Waals surface area (Å²) >= 11 is 0. The van der Waals surface area contributed by atoms with Gasteiger partial charge in [-0.15, -0.1) is 0 Å². The van der Waals surface area contributed by atoms with Crippen LogP contribution in [0.5, 0.6) is 5.75 Å². The molecule has 0 saturated carbocycles. The Labute approximate surface area is 156 Å². The fourth-order valence-corrected chi connectivity index (χ4v) is 3.92. The minimum absolute atomic E-state index is 0.0416. The number of methoxy groups -OCH3 is 1. The molecule has 1 aliphatic rings. The molecule has 0 radical (unpaired) electrons. The van der Waals surface area contributed by atoms with Crippen molar-refractivity contribution < 1.29 is 19.1 Å². The first-order valence-corrected chi connectivity index (χ1v) is 9.52. The van der Waals surface area contributed by atoms with Crippen LogP contribution in [0, 0.1) is 0 Å². The van der Waals surface area contributed by atoms with Gasteiger partial charge in [-0.3, -0.25) is 4.79 Å². The normalized spacial score (nSPS) is 19.6. The summed E-state index contributed by atoms with van der Waals surface area (Å²) < 4.78 is 10.9. The van der Waals surface area contributed by atoms with Crippen LogP contribution in [0.15, 0.2) is 35.4 Å². The lowest BCUT2D eigenvalue weighted by Gasteiger charge is -2.30. The van der Waals surface area contributed by atoms with Crippen molar-refractivity contribution in [3.05, 3.63) is 41.0 Å². The number of carbonyl (C=O) groups is 2. The predicted molar refractivity (Wildman–Crippen MR) is 102 cm³/mol. The van der Waals surface area contributed by atoms with Gasteiger partial charge in [0.25, 0.3) is 0 Å². The minimum Gasteiger partial charge on any atom is -0.497 e. The number of ether oxygens (including phenoxy) is 2. The van der Waals surface area contributed by atoms with Crippen LogP contribution in [0.1, 0.15) is 64.9 Å². The number of ketones is 1. The van der Waals surface area contributed by atoms with E-state index in [1.807, 2.05) is 12.1 Å². The monoisotopic (exact) mass is 358 g/mol. The molecule has 26 heavy (non-hydrogen) atoms. The van der Waals surface area contributed by atoms with Gasteiger partial charge in [0, 0.05) is 11.1 Å². The molecule has 0 N–H and O–H groups in total. The summed E-state index contributed by atoms with van der Waals surface area (Å²) in [5.41, 5.74) is 1.67. The maximum Gasteiger partial charge on any atom is 0.335 e. The topological polar surface area (TPSA) is 52.6 Å². The van der Waals surface area contributed by atoms with Crippen molar-refractivity contribution >= 4 is 11.8 Å². The van der Waals surface area contributed by atoms with E-state index in [9.17, 15) is 9.59 Å². The number of Topliss-reactive ketones (excluding diaryl/α,β-unsaturated/α-hetero) is 1. The number of esters is 1. The van der Waals surface area contributed by atoms with Crippen molar-refractivity contribution in [2.45, 2.75) is 71.3 Å². The molecule has 1 aromatic rings. The third-order valence-corrected chi connectivity index (χ3v) is 5.14. The van der Waals surface area contributed by atoms with Crippen molar-refractivity contribution in [3.63, 3.8) is 0 Å². The molecule has 0 aliphatic carbocycles. The molecule has 1 aromatic carbocycles. The molecule has 1 atom stereocenters. The molecule has 0 spiro atoms. The van der Waals surface area contributed by atoms with Gasteiger partial charge in [0.05, 0.1) is 7.11 Å². The highest BCUT2D eigenvalue weighted by Crippen LogP contribution is 2.41. The van der Waals surface area contributed by atoms with E-state index >= 15 is 0 Å². The molecule has 4 heteroatoms. The van der Waals surface area contributed by atoms with E-state index in [1.165, 1.54) is 12.5 Å². The third kappa shape index (κ3) is 4.54. The number of carbonyl (C=O) groups excluding carboxylic acids is 2. The van der Waals surface area contributed by atoms with Crippen molar-refractivity contribution in [1.29, 1.82) is 0 Å². The van der Waals surface area contributed by atoms with Gasteiger partial charge in [0.2, 0.25) is 0 Å². The number of unbranched alkanes of at least 4 members (excludes halogenated alkanes) is 2. The van der Waals surface area contributed by atoms with Crippen LogP contribution in [-0.4, -0.2) is 24.5 Å². The first-order chi connectivity index (χ1) is 12.4. The molecule has 142 valence electrons. The van der Waals surface area contributed by atoms with Crippen LogP contribution in [0.25, 0.3) is 0 Å². The lowest BCUT2D eigenvalue weighted by atomic mass is 9.81. The Kier molecular flexibility index (Phi) is 7.01. The zero-order valence-electron chi connectivity index (χ0n) is 16.4. The highest BCUT2D eigenvalue weighted by Gasteiger charge is 2.46. The first kappa shape index (κ1) is 20.2. The molecule has 0 bridgehead atoms. The van der Waals surface area contributed by atoms with Crippen molar-refractivity contribution in [2.24, 2.45) is 0 Å². The lowest BCUT2D eigenvalue weighted by Crippen LogP contribution is -2.34. The Morgan fingerprint density at radius 3 is 2.38 bits per heavy atom. The number of rotatable bonds is 10. The van der Waals surface area contributed by atoms with Crippen LogP contribution in [0.3, 0.4) is 0 Å². The molecule has 0 amide bonds. The van der Waals surface area contributed by atoms with Crippen molar-refractivity contribution in [3.8, 4) is 5.75 Å². The number of hydrogen-bond donors (Lipinski definition) is 0. The standard InChI is InChI=1S/C22H30O4/c1-5-14-22(20(17(3)23)16(2)21(24)26-22)15-8-6-7-9-18-10-12-19(25-4)13-11-18/h10-13H,5-9,14-15H2,1-4H3. The molecule has 4 nitrogen and oxygen atoms in total. The third-order valence-electron chi connectivity index (χ3n) is 5.14. The Hall–Kier alpha value is -2.10. The molecule has 0 aromatic heterocycles. The average Bonchev–Trinajstić information content (AvgIpc) is 2.86. The Morgan fingerprint density at radius 2 is 1.81 bits per heavy atom. The van der Waals surface area contributed by atoms with Crippen LogP contribution < -0.4 is 4.74 Å². The van der Waals surface area contributed by atoms with Crippen LogP contribution in [0.4, 0.5) is 0 Å². The predicted octanol–water partition coefficient (Wildman–Crippen LogP) is 4.80. The summed E-state index contributed by atoms with van der Waals surface area (Å²) in [6.45, 7) is 5.31. The summed E-state index contributed by atoms with van der Waals surface area (Å²) in [7, 11) is 1.67. The zero-order valence-corrected chi connectivity index (χ0v) is 16.4. The highest BCUT2D eigenvalue weighted by atomic mass is 16.6. The molecule has 1 aliphatic heterocycles.